The topological polar surface area (TPSA) is 34.5 Å². The minimum atomic E-state index is 0.197. The van der Waals surface area contributed by atoms with E-state index in [0.29, 0.717) is 19.2 Å². The standard InChI is InChI=1S/C19H26N2O2/c1-3-23-17-9-10-18-15(13-17)11-12-21(18)14-19(22)20(2)16-7-5-4-6-8-16/h9-13,16H,3-8,14H2,1-2H3. The zero-order valence-corrected chi connectivity index (χ0v) is 14.1. The number of nitrogens with zero attached hydrogens (tertiary/aromatic N) is 2. The minimum Gasteiger partial charge on any atom is -0.494 e. The average Bonchev–Trinajstić information content (AvgIpc) is 2.97. The molecule has 2 aromatic rings. The van der Waals surface area contributed by atoms with E-state index in [4.69, 9.17) is 4.74 Å². The number of likely N-dealkylation sites (N-methyl/N-ethyl adjacent to an activating group) is 1. The van der Waals surface area contributed by atoms with Gasteiger partial charge >= 0.3 is 0 Å². The van der Waals surface area contributed by atoms with E-state index >= 15 is 0 Å². The molecule has 0 unspecified atom stereocenters. The lowest BCUT2D eigenvalue weighted by atomic mass is 9.94. The molecule has 0 saturated heterocycles. The molecule has 1 aromatic carbocycles. The van der Waals surface area contributed by atoms with E-state index in [1.54, 1.807) is 0 Å². The van der Waals surface area contributed by atoms with Gasteiger partial charge in [-0.3, -0.25) is 4.79 Å². The third-order valence-electron chi connectivity index (χ3n) is 4.87. The van der Waals surface area contributed by atoms with E-state index in [9.17, 15) is 4.79 Å². The summed E-state index contributed by atoms with van der Waals surface area (Å²) >= 11 is 0. The van der Waals surface area contributed by atoms with Crippen LogP contribution in [0.5, 0.6) is 5.75 Å². The second-order valence-electron chi connectivity index (χ2n) is 6.39. The van der Waals surface area contributed by atoms with E-state index in [-0.39, 0.29) is 5.91 Å². The van der Waals surface area contributed by atoms with Gasteiger partial charge in [0.05, 0.1) is 6.61 Å². The van der Waals surface area contributed by atoms with Gasteiger partial charge in [0, 0.05) is 30.2 Å². The van der Waals surface area contributed by atoms with E-state index in [0.717, 1.165) is 29.5 Å². The quantitative estimate of drug-likeness (QED) is 0.840. The second kappa shape index (κ2) is 7.07. The van der Waals surface area contributed by atoms with Crippen molar-refractivity contribution in [1.82, 2.24) is 9.47 Å². The molecule has 1 saturated carbocycles. The number of rotatable bonds is 5. The zero-order chi connectivity index (χ0) is 16.2. The maximum Gasteiger partial charge on any atom is 0.242 e. The van der Waals surface area contributed by atoms with Crippen LogP contribution in [0.15, 0.2) is 30.5 Å². The molecule has 1 aliphatic carbocycles. The number of ether oxygens (including phenoxy) is 1. The highest BCUT2D eigenvalue weighted by atomic mass is 16.5. The van der Waals surface area contributed by atoms with Crippen molar-refractivity contribution in [3.05, 3.63) is 30.5 Å². The highest BCUT2D eigenvalue weighted by molar-refractivity contribution is 5.84. The molecule has 0 bridgehead atoms. The third-order valence-corrected chi connectivity index (χ3v) is 4.87. The minimum absolute atomic E-state index is 0.197. The number of carbonyl (C=O) groups excluding carboxylic acids is 1. The predicted octanol–water partition coefficient (Wildman–Crippen LogP) is 3.83. The van der Waals surface area contributed by atoms with Gasteiger partial charge in [0.25, 0.3) is 0 Å². The molecule has 124 valence electrons. The Kier molecular flexibility index (Phi) is 4.89. The predicted molar refractivity (Wildman–Crippen MR) is 92.8 cm³/mol. The summed E-state index contributed by atoms with van der Waals surface area (Å²) < 4.78 is 7.57. The van der Waals surface area contributed by atoms with Gasteiger partial charge in [-0.1, -0.05) is 19.3 Å². The average molecular weight is 314 g/mol. The van der Waals surface area contributed by atoms with E-state index in [1.165, 1.54) is 19.3 Å². The maximum atomic E-state index is 12.6. The van der Waals surface area contributed by atoms with Crippen LogP contribution < -0.4 is 4.74 Å². The number of hydrogen-bond acceptors (Lipinski definition) is 2. The molecule has 1 aliphatic rings. The van der Waals surface area contributed by atoms with Gasteiger partial charge in [-0.05, 0) is 44.0 Å². The Balaban J connectivity index is 1.71. The van der Waals surface area contributed by atoms with E-state index in [2.05, 4.69) is 0 Å². The summed E-state index contributed by atoms with van der Waals surface area (Å²) in [6, 6.07) is 8.50. The normalized spacial score (nSPS) is 15.7. The fourth-order valence-corrected chi connectivity index (χ4v) is 3.50. The molecule has 0 radical (unpaired) electrons. The number of aromatic nitrogens is 1. The summed E-state index contributed by atoms with van der Waals surface area (Å²) in [4.78, 5) is 14.6. The molecule has 1 heterocycles. The van der Waals surface area contributed by atoms with Crippen molar-refractivity contribution in [3.63, 3.8) is 0 Å². The Morgan fingerprint density at radius 3 is 2.78 bits per heavy atom. The van der Waals surface area contributed by atoms with Crippen LogP contribution in [-0.4, -0.2) is 35.1 Å². The largest absolute Gasteiger partial charge is 0.494 e. The van der Waals surface area contributed by atoms with E-state index in [1.807, 2.05) is 53.9 Å². The van der Waals surface area contributed by atoms with Gasteiger partial charge in [-0.25, -0.2) is 0 Å². The zero-order valence-electron chi connectivity index (χ0n) is 14.1. The van der Waals surface area contributed by atoms with Crippen molar-refractivity contribution in [1.29, 1.82) is 0 Å². The summed E-state index contributed by atoms with van der Waals surface area (Å²) in [5.74, 6) is 1.08. The van der Waals surface area contributed by atoms with Gasteiger partial charge < -0.3 is 14.2 Å². The van der Waals surface area contributed by atoms with Crippen LogP contribution in [-0.2, 0) is 11.3 Å². The molecule has 0 N–H and O–H groups in total. The Labute approximate surface area is 138 Å². The molecule has 1 aromatic heterocycles. The van der Waals surface area contributed by atoms with Gasteiger partial charge in [0.15, 0.2) is 0 Å². The number of hydrogen-bond donors (Lipinski definition) is 0. The fourth-order valence-electron chi connectivity index (χ4n) is 3.50. The van der Waals surface area contributed by atoms with Crippen LogP contribution in [0.2, 0.25) is 0 Å². The van der Waals surface area contributed by atoms with Gasteiger partial charge in [-0.15, -0.1) is 0 Å². The molecule has 1 amide bonds. The Hall–Kier alpha value is -1.97. The Morgan fingerprint density at radius 2 is 2.04 bits per heavy atom. The first kappa shape index (κ1) is 15.9. The summed E-state index contributed by atoms with van der Waals surface area (Å²) in [5.41, 5.74) is 1.08. The molecule has 23 heavy (non-hydrogen) atoms. The number of amides is 1. The number of carbonyl (C=O) groups is 1. The smallest absolute Gasteiger partial charge is 0.242 e. The maximum absolute atomic E-state index is 12.6. The van der Waals surface area contributed by atoms with Crippen LogP contribution >= 0.6 is 0 Å². The molecule has 1 fully saturated rings. The molecule has 3 rings (SSSR count). The molecule has 4 nitrogen and oxygen atoms in total. The van der Waals surface area contributed by atoms with Crippen molar-refractivity contribution >= 4 is 16.8 Å². The lowest BCUT2D eigenvalue weighted by Gasteiger charge is -2.31. The van der Waals surface area contributed by atoms with Crippen LogP contribution in [0.1, 0.15) is 39.0 Å². The van der Waals surface area contributed by atoms with Crippen molar-refractivity contribution in [2.45, 2.75) is 51.6 Å². The molecule has 0 aliphatic heterocycles. The molecule has 0 atom stereocenters. The van der Waals surface area contributed by atoms with Crippen LogP contribution in [0.25, 0.3) is 10.9 Å². The lowest BCUT2D eigenvalue weighted by molar-refractivity contribution is -0.133. The van der Waals surface area contributed by atoms with Crippen LogP contribution in [0.3, 0.4) is 0 Å². The van der Waals surface area contributed by atoms with Gasteiger partial charge in [-0.2, -0.15) is 0 Å². The molecular weight excluding hydrogens is 288 g/mol. The van der Waals surface area contributed by atoms with Gasteiger partial charge in [0.2, 0.25) is 5.91 Å². The van der Waals surface area contributed by atoms with Crippen molar-refractivity contribution < 1.29 is 9.53 Å². The first-order valence-electron chi connectivity index (χ1n) is 8.66. The van der Waals surface area contributed by atoms with Crippen LogP contribution in [0.4, 0.5) is 0 Å². The number of fused-ring (bicyclic) bond motifs is 1. The lowest BCUT2D eigenvalue weighted by Crippen LogP contribution is -2.40. The third kappa shape index (κ3) is 3.52. The summed E-state index contributed by atoms with van der Waals surface area (Å²) in [6.45, 7) is 3.05. The second-order valence-corrected chi connectivity index (χ2v) is 6.39. The first-order chi connectivity index (χ1) is 11.2. The highest BCUT2D eigenvalue weighted by Crippen LogP contribution is 2.24. The molecular formula is C19H26N2O2. The van der Waals surface area contributed by atoms with Crippen molar-refractivity contribution in [2.75, 3.05) is 13.7 Å². The summed E-state index contributed by atoms with van der Waals surface area (Å²) in [7, 11) is 1.96. The fraction of sp³-hybridized carbons (Fsp3) is 0.526. The van der Waals surface area contributed by atoms with Crippen molar-refractivity contribution in [2.24, 2.45) is 0 Å². The summed E-state index contributed by atoms with van der Waals surface area (Å²) in [5, 5.41) is 1.11. The van der Waals surface area contributed by atoms with E-state index < -0.39 is 0 Å². The molecule has 0 spiro atoms. The first-order valence-corrected chi connectivity index (χ1v) is 8.66. The highest BCUT2D eigenvalue weighted by Gasteiger charge is 2.22. The van der Waals surface area contributed by atoms with Crippen molar-refractivity contribution in [3.8, 4) is 5.75 Å². The Bertz CT molecular complexity index is 671. The Morgan fingerprint density at radius 1 is 1.26 bits per heavy atom. The number of benzene rings is 1. The summed E-state index contributed by atoms with van der Waals surface area (Å²) in [6.07, 6.45) is 8.08. The van der Waals surface area contributed by atoms with Crippen LogP contribution in [0, 0.1) is 0 Å². The van der Waals surface area contributed by atoms with Gasteiger partial charge in [0.1, 0.15) is 12.3 Å². The SMILES string of the molecule is CCOc1ccc2c(ccn2CC(=O)N(C)C2CCCCC2)c1. The molecule has 4 heteroatoms. The monoisotopic (exact) mass is 314 g/mol.